The van der Waals surface area contributed by atoms with Crippen LogP contribution in [0.3, 0.4) is 0 Å². The van der Waals surface area contributed by atoms with Crippen LogP contribution < -0.4 is 42.6 Å². The highest BCUT2D eigenvalue weighted by molar-refractivity contribution is 8.02. The Hall–Kier alpha value is -5.71. The van der Waals surface area contributed by atoms with Crippen LogP contribution in [0.1, 0.15) is 11.3 Å². The van der Waals surface area contributed by atoms with Crippen molar-refractivity contribution in [3.05, 3.63) is 236 Å². The molecule has 0 aliphatic carbocycles. The average molecular weight is 704 g/mol. The fourth-order valence-electron chi connectivity index (χ4n) is 7.39. The second-order valence-electron chi connectivity index (χ2n) is 12.7. The lowest BCUT2D eigenvalue weighted by Gasteiger charge is -2.27. The first-order chi connectivity index (χ1) is 25.8. The largest absolute Gasteiger partial charge is 0.213 e. The maximum Gasteiger partial charge on any atom is 0.198 e. The van der Waals surface area contributed by atoms with Crippen LogP contribution in [0.2, 0.25) is 0 Å². The molecule has 0 N–H and O–H groups in total. The highest BCUT2D eigenvalue weighted by Crippen LogP contribution is 2.55. The molecule has 1 aromatic heterocycles. The summed E-state index contributed by atoms with van der Waals surface area (Å²) in [6.45, 7) is 0. The predicted molar refractivity (Wildman–Crippen MR) is 229 cm³/mol. The molecule has 0 amide bonds. The van der Waals surface area contributed by atoms with Gasteiger partial charge in [-0.2, -0.15) is 0 Å². The van der Waals surface area contributed by atoms with Crippen molar-refractivity contribution in [2.24, 2.45) is 0 Å². The van der Waals surface area contributed by atoms with Gasteiger partial charge in [-0.25, -0.2) is 4.98 Å². The Bertz CT molecular complexity index is 2010. The van der Waals surface area contributed by atoms with Gasteiger partial charge in [0.2, 0.25) is 0 Å². The first-order valence-electron chi connectivity index (χ1n) is 17.7. The summed E-state index contributed by atoms with van der Waals surface area (Å²) in [5.74, 6) is 0. The van der Waals surface area contributed by atoms with Crippen LogP contribution in [0.4, 0.5) is 0 Å². The van der Waals surface area contributed by atoms with E-state index < -0.39 is 14.5 Å². The van der Waals surface area contributed by atoms with Crippen molar-refractivity contribution in [3.8, 4) is 0 Å². The Balaban J connectivity index is 1.26. The quantitative estimate of drug-likeness (QED) is 0.130. The summed E-state index contributed by atoms with van der Waals surface area (Å²) in [7, 11) is -4.51. The molecule has 0 aliphatic heterocycles. The van der Waals surface area contributed by atoms with E-state index in [2.05, 4.69) is 237 Å². The molecule has 1 heterocycles. The first kappa shape index (κ1) is 33.4. The summed E-state index contributed by atoms with van der Waals surface area (Å²) >= 11 is 0. The third-order valence-electron chi connectivity index (χ3n) is 9.66. The first-order valence-corrected chi connectivity index (χ1v) is 21.3. The zero-order valence-corrected chi connectivity index (χ0v) is 30.6. The molecule has 0 saturated heterocycles. The van der Waals surface area contributed by atoms with E-state index in [1.807, 2.05) is 0 Å². The van der Waals surface area contributed by atoms with Crippen LogP contribution in [-0.4, -0.2) is 4.98 Å². The molecule has 0 spiro atoms. The van der Waals surface area contributed by atoms with Crippen molar-refractivity contribution in [2.45, 2.75) is 0 Å². The van der Waals surface area contributed by atoms with Gasteiger partial charge in [0.15, 0.2) is 12.7 Å². The minimum Gasteiger partial charge on any atom is -0.213 e. The van der Waals surface area contributed by atoms with E-state index in [0.717, 1.165) is 16.7 Å². The van der Waals surface area contributed by atoms with E-state index in [9.17, 15) is 0 Å². The molecule has 1 nitrogen and oxygen atoms in total. The monoisotopic (exact) mass is 703 g/mol. The molecule has 0 aliphatic rings. The van der Waals surface area contributed by atoms with Crippen molar-refractivity contribution in [3.63, 3.8) is 0 Å². The number of benzene rings is 7. The van der Waals surface area contributed by atoms with Crippen molar-refractivity contribution in [1.29, 1.82) is 0 Å². The van der Waals surface area contributed by atoms with Gasteiger partial charge < -0.3 is 0 Å². The molecule has 7 aromatic carbocycles. The van der Waals surface area contributed by atoms with Gasteiger partial charge >= 0.3 is 0 Å². The van der Waals surface area contributed by atoms with Gasteiger partial charge in [0.1, 0.15) is 44.4 Å². The molecule has 3 heteroatoms. The van der Waals surface area contributed by atoms with Crippen LogP contribution in [0.5, 0.6) is 0 Å². The summed E-state index contributed by atoms with van der Waals surface area (Å²) in [4.78, 5) is 5.47. The lowest BCUT2D eigenvalue weighted by atomic mass is 10.2. The molecular formula is C49H39NP2+2. The van der Waals surface area contributed by atoms with Gasteiger partial charge in [-0.05, 0) is 103 Å². The molecule has 0 unspecified atom stereocenters. The van der Waals surface area contributed by atoms with E-state index in [1.54, 1.807) is 0 Å². The average Bonchev–Trinajstić information content (AvgIpc) is 3.23. The topological polar surface area (TPSA) is 12.9 Å². The van der Waals surface area contributed by atoms with E-state index in [4.69, 9.17) is 4.98 Å². The molecule has 248 valence electrons. The van der Waals surface area contributed by atoms with Crippen LogP contribution >= 0.6 is 14.5 Å². The smallest absolute Gasteiger partial charge is 0.198 e. The Morgan fingerprint density at radius 3 is 1.04 bits per heavy atom. The van der Waals surface area contributed by atoms with Crippen LogP contribution in [-0.2, 0) is 0 Å². The van der Waals surface area contributed by atoms with Crippen LogP contribution in [0, 0.1) is 0 Å². The fraction of sp³-hybridized carbons (Fsp3) is 0. The molecular weight excluding hydrogens is 664 g/mol. The summed E-state index contributed by atoms with van der Waals surface area (Å²) in [5, 5.41) is 9.20. The minimum atomic E-state index is -2.30. The van der Waals surface area contributed by atoms with E-state index in [0.29, 0.717) is 0 Å². The second-order valence-corrected chi connectivity index (χ2v) is 19.5. The van der Waals surface area contributed by atoms with Crippen molar-refractivity contribution < 1.29 is 0 Å². The summed E-state index contributed by atoms with van der Waals surface area (Å²) in [5.41, 5.74) is 3.17. The number of nitrogens with zero attached hydrogens (tertiary/aromatic N) is 1. The number of pyridine rings is 1. The van der Waals surface area contributed by atoms with Crippen molar-refractivity contribution >= 4 is 69.2 Å². The highest BCUT2D eigenvalue weighted by atomic mass is 31.2. The van der Waals surface area contributed by atoms with Crippen LogP contribution in [0.25, 0.3) is 12.2 Å². The van der Waals surface area contributed by atoms with E-state index in [-0.39, 0.29) is 0 Å². The molecule has 0 saturated carbocycles. The zero-order valence-electron chi connectivity index (χ0n) is 28.9. The van der Waals surface area contributed by atoms with E-state index in [1.165, 1.54) is 37.1 Å². The zero-order chi connectivity index (χ0) is 35.1. The van der Waals surface area contributed by atoms with Gasteiger partial charge in [-0.1, -0.05) is 133 Å². The lowest BCUT2D eigenvalue weighted by molar-refractivity contribution is 1.35. The normalized spacial score (nSPS) is 11.8. The number of hydrogen-bond acceptors (Lipinski definition) is 1. The minimum absolute atomic E-state index is 0.935. The molecule has 0 radical (unpaired) electrons. The molecule has 0 fully saturated rings. The lowest BCUT2D eigenvalue weighted by Crippen LogP contribution is -2.40. The summed E-state index contributed by atoms with van der Waals surface area (Å²) in [6.07, 6.45) is 4.39. The van der Waals surface area contributed by atoms with Gasteiger partial charge in [-0.15, -0.1) is 0 Å². The van der Waals surface area contributed by atoms with Crippen LogP contribution in [0.15, 0.2) is 224 Å². The third-order valence-corrected chi connectivity index (χ3v) is 18.1. The molecule has 52 heavy (non-hydrogen) atoms. The number of rotatable bonds is 10. The highest BCUT2D eigenvalue weighted by Gasteiger charge is 2.50. The predicted octanol–water partition coefficient (Wildman–Crippen LogP) is 8.49. The molecule has 0 bridgehead atoms. The maximum absolute atomic E-state index is 5.47. The third kappa shape index (κ3) is 6.24. The Morgan fingerprint density at radius 1 is 0.288 bits per heavy atom. The molecule has 0 atom stereocenters. The fourth-order valence-corrected chi connectivity index (χ4v) is 15.8. The van der Waals surface area contributed by atoms with Gasteiger partial charge in [0, 0.05) is 6.07 Å². The van der Waals surface area contributed by atoms with Gasteiger partial charge in [0.25, 0.3) is 0 Å². The summed E-state index contributed by atoms with van der Waals surface area (Å²) < 4.78 is 0. The SMILES string of the molecule is C(=Cc1cccc([P+](c2ccccc2)(c2ccccc2)c2ccccc2)n1)c1cccc([P+](c2ccccc2)(c2ccccc2)c2ccccc2)c1. The van der Waals surface area contributed by atoms with E-state index >= 15 is 0 Å². The standard InChI is InChI=1S/C49H39NP2/c1-7-23-42(24-8-1)51(43-25-9-2-10-26-43,44-27-11-3-12-28-44)48-35-19-21-40(39-48)37-38-41-22-20-36-49(50-41)52(45-29-13-4-14-30-45,46-31-15-5-16-32-46)47-33-17-6-18-34-47/h1-39H/q+2. The second kappa shape index (κ2) is 15.3. The molecule has 8 rings (SSSR count). The Kier molecular flexibility index (Phi) is 9.81. The summed E-state index contributed by atoms with van der Waals surface area (Å²) in [6, 6.07) is 81.5. The maximum atomic E-state index is 5.47. The number of hydrogen-bond donors (Lipinski definition) is 0. The number of aromatic nitrogens is 1. The Morgan fingerprint density at radius 2 is 0.635 bits per heavy atom. The van der Waals surface area contributed by atoms with Gasteiger partial charge in [-0.3, -0.25) is 0 Å². The van der Waals surface area contributed by atoms with Gasteiger partial charge in [0.05, 0.1) is 5.69 Å². The van der Waals surface area contributed by atoms with Crippen molar-refractivity contribution in [2.75, 3.05) is 0 Å². The van der Waals surface area contributed by atoms with Crippen molar-refractivity contribution in [1.82, 2.24) is 4.98 Å². The Labute approximate surface area is 308 Å². The molecule has 8 aromatic rings.